The van der Waals surface area contributed by atoms with Gasteiger partial charge in [-0.05, 0) is 91.8 Å². The third-order valence-corrected chi connectivity index (χ3v) is 12.4. The average Bonchev–Trinajstić information content (AvgIpc) is 3.89. The highest BCUT2D eigenvalue weighted by molar-refractivity contribution is 6.09. The summed E-state index contributed by atoms with van der Waals surface area (Å²) in [7, 11) is 0. The van der Waals surface area contributed by atoms with Crippen molar-refractivity contribution < 1.29 is 24.2 Å². The third kappa shape index (κ3) is 7.33. The molecule has 0 spiro atoms. The van der Waals surface area contributed by atoms with Gasteiger partial charge in [-0.2, -0.15) is 0 Å². The van der Waals surface area contributed by atoms with Crippen LogP contribution in [0.2, 0.25) is 0 Å². The first-order chi connectivity index (χ1) is 28.2. The van der Waals surface area contributed by atoms with E-state index in [4.69, 9.17) is 10.5 Å². The Balaban J connectivity index is 0.788. The van der Waals surface area contributed by atoms with Crippen molar-refractivity contribution in [2.75, 3.05) is 74.5 Å². The zero-order valence-corrected chi connectivity index (χ0v) is 32.7. The number of carbonyl (C=O) groups is 3. The highest BCUT2D eigenvalue weighted by Gasteiger charge is 2.32. The second kappa shape index (κ2) is 15.7. The molecule has 4 N–H and O–H groups in total. The number of phenolic OH excluding ortho intramolecular Hbond substituents is 1. The van der Waals surface area contributed by atoms with Gasteiger partial charge in [-0.25, -0.2) is 4.79 Å². The molecule has 14 heteroatoms. The fourth-order valence-corrected chi connectivity index (χ4v) is 9.28. The number of aromatic hydroxyl groups is 1. The lowest BCUT2D eigenvalue weighted by atomic mass is 9.95. The van der Waals surface area contributed by atoms with Gasteiger partial charge in [-0.1, -0.05) is 24.3 Å². The monoisotopic (exact) mass is 783 g/mol. The largest absolute Gasteiger partial charge is 0.507 e. The Morgan fingerprint density at radius 2 is 1.76 bits per heavy atom. The first-order valence-electron chi connectivity index (χ1n) is 20.3. The highest BCUT2D eigenvalue weighted by atomic mass is 16.5. The number of nitrogens with zero attached hydrogens (tertiary/aromatic N) is 7. The van der Waals surface area contributed by atoms with E-state index in [0.717, 1.165) is 85.4 Å². The number of benzene rings is 3. The molecular formula is C44H49N9O5. The molecule has 14 nitrogen and oxygen atoms in total. The number of piperidine rings is 1. The molecule has 0 radical (unpaired) electrons. The Hall–Kier alpha value is -5.99. The SMILES string of the molecule is Cc1cc(C(=O)N2CCC(CN3CC[C@H](n4ccc5c(N6CCC(=O)NC6=O)cccc54)C3)CC2)ccc1[C@@H]1CN(c2cc(-c3ccccc3O)nnc2N)CCO1. The Kier molecular flexibility index (Phi) is 10.2. The molecule has 58 heavy (non-hydrogen) atoms. The molecule has 4 amide bonds. The fourth-order valence-electron chi connectivity index (χ4n) is 9.28. The van der Waals surface area contributed by atoms with Crippen molar-refractivity contribution in [3.05, 3.63) is 95.7 Å². The van der Waals surface area contributed by atoms with E-state index in [1.165, 1.54) is 0 Å². The van der Waals surface area contributed by atoms with E-state index in [1.807, 2.05) is 54.3 Å². The Bertz CT molecular complexity index is 2370. The number of phenols is 1. The van der Waals surface area contributed by atoms with Crippen LogP contribution in [0.4, 0.5) is 22.0 Å². The van der Waals surface area contributed by atoms with E-state index in [2.05, 4.69) is 48.2 Å². The number of anilines is 3. The Morgan fingerprint density at radius 3 is 2.57 bits per heavy atom. The second-order valence-electron chi connectivity index (χ2n) is 16.0. The van der Waals surface area contributed by atoms with Crippen LogP contribution in [-0.2, 0) is 9.53 Å². The summed E-state index contributed by atoms with van der Waals surface area (Å²) in [4.78, 5) is 46.5. The Morgan fingerprint density at radius 1 is 0.914 bits per heavy atom. The molecule has 4 aliphatic heterocycles. The molecule has 0 bridgehead atoms. The minimum Gasteiger partial charge on any atom is -0.507 e. The lowest BCUT2D eigenvalue weighted by Gasteiger charge is -2.36. The standard InChI is InChI=1S/C44H49N9O5/c1-28-23-30(9-10-32(28)40-27-51(21-22-58-40)38-24-35(47-48-42(38)45)33-5-2-3-8-39(33)54)43(56)50-17-11-29(12-18-50)25-49-16-13-31(26-49)52-19-14-34-36(52)6-4-7-37(34)53-20-15-41(55)46-44(53)57/h2-10,14,19,23-24,29,31,40,54H,11-13,15-18,20-22,25-27H2,1H3,(H2,45,48)(H,46,55,57)/t31-,40-/m0/s1. The van der Waals surface area contributed by atoms with Gasteiger partial charge in [0.05, 0.1) is 29.2 Å². The van der Waals surface area contributed by atoms with E-state index < -0.39 is 0 Å². The first-order valence-corrected chi connectivity index (χ1v) is 20.3. The summed E-state index contributed by atoms with van der Waals surface area (Å²) in [6.07, 6.45) is 5.22. The molecule has 2 atom stereocenters. The summed E-state index contributed by atoms with van der Waals surface area (Å²) in [6, 6.07) is 23.0. The number of fused-ring (bicyclic) bond motifs is 1. The van der Waals surface area contributed by atoms with E-state index in [1.54, 1.807) is 23.1 Å². The molecule has 2 aromatic heterocycles. The van der Waals surface area contributed by atoms with Crippen molar-refractivity contribution in [3.8, 4) is 17.0 Å². The van der Waals surface area contributed by atoms with Crippen LogP contribution in [0.15, 0.2) is 79.0 Å². The minimum absolute atomic E-state index is 0.0698. The Labute approximate surface area is 337 Å². The van der Waals surface area contributed by atoms with E-state index in [0.29, 0.717) is 67.3 Å². The first kappa shape index (κ1) is 37.6. The predicted molar refractivity (Wildman–Crippen MR) is 222 cm³/mol. The van der Waals surface area contributed by atoms with Crippen molar-refractivity contribution in [2.45, 2.75) is 44.8 Å². The lowest BCUT2D eigenvalue weighted by Crippen LogP contribution is -2.49. The number of amides is 4. The van der Waals surface area contributed by atoms with Gasteiger partial charge in [0.1, 0.15) is 11.9 Å². The molecule has 9 rings (SSSR count). The fraction of sp³-hybridized carbons (Fsp3) is 0.386. The summed E-state index contributed by atoms with van der Waals surface area (Å²) < 4.78 is 8.60. The van der Waals surface area contributed by atoms with Gasteiger partial charge in [0.15, 0.2) is 5.82 Å². The van der Waals surface area contributed by atoms with Crippen LogP contribution in [0.5, 0.6) is 5.75 Å². The molecule has 4 fully saturated rings. The number of aromatic nitrogens is 3. The topological polar surface area (TPSA) is 162 Å². The number of rotatable bonds is 8. The van der Waals surface area contributed by atoms with Gasteiger partial charge in [-0.15, -0.1) is 10.2 Å². The van der Waals surface area contributed by atoms with Crippen LogP contribution < -0.4 is 20.9 Å². The summed E-state index contributed by atoms with van der Waals surface area (Å²) in [6.45, 7) is 8.61. The number of ether oxygens (including phenoxy) is 1. The third-order valence-electron chi connectivity index (χ3n) is 12.4. The smallest absolute Gasteiger partial charge is 0.328 e. The molecule has 300 valence electrons. The van der Waals surface area contributed by atoms with Gasteiger partial charge in [0.2, 0.25) is 5.91 Å². The van der Waals surface area contributed by atoms with Crippen LogP contribution in [0.3, 0.4) is 0 Å². The van der Waals surface area contributed by atoms with E-state index >= 15 is 0 Å². The van der Waals surface area contributed by atoms with Crippen LogP contribution in [0, 0.1) is 12.8 Å². The summed E-state index contributed by atoms with van der Waals surface area (Å²) in [5.74, 6) is 0.819. The number of imide groups is 1. The second-order valence-corrected chi connectivity index (χ2v) is 16.0. The quantitative estimate of drug-likeness (QED) is 0.183. The van der Waals surface area contributed by atoms with Gasteiger partial charge in [0.25, 0.3) is 5.91 Å². The van der Waals surface area contributed by atoms with E-state index in [9.17, 15) is 19.5 Å². The number of carbonyl (C=O) groups excluding carboxylic acids is 3. The predicted octanol–water partition coefficient (Wildman–Crippen LogP) is 5.52. The zero-order valence-electron chi connectivity index (χ0n) is 32.7. The van der Waals surface area contributed by atoms with Crippen LogP contribution in [0.1, 0.15) is 59.3 Å². The number of nitrogens with two attached hydrogens (primary N) is 1. The number of likely N-dealkylation sites (tertiary alicyclic amines) is 2. The minimum atomic E-state index is -0.365. The number of urea groups is 1. The number of nitrogens with one attached hydrogen (secondary N) is 1. The van der Waals surface area contributed by atoms with Crippen molar-refractivity contribution in [1.29, 1.82) is 0 Å². The molecule has 0 unspecified atom stereocenters. The number of hydrogen-bond donors (Lipinski definition) is 3. The number of nitrogen functional groups attached to an aromatic ring is 1. The lowest BCUT2D eigenvalue weighted by molar-refractivity contribution is -0.120. The number of hydrogen-bond acceptors (Lipinski definition) is 10. The van der Waals surface area contributed by atoms with Crippen molar-refractivity contribution >= 4 is 45.9 Å². The normalized spacial score (nSPS) is 20.9. The highest BCUT2D eigenvalue weighted by Crippen LogP contribution is 2.36. The van der Waals surface area contributed by atoms with Gasteiger partial charge in [0, 0.05) is 87.5 Å². The number of morpholine rings is 1. The zero-order chi connectivity index (χ0) is 39.9. The maximum atomic E-state index is 13.8. The maximum Gasteiger partial charge on any atom is 0.328 e. The molecule has 0 aliphatic carbocycles. The molecule has 4 saturated heterocycles. The van der Waals surface area contributed by atoms with Gasteiger partial charge in [-0.3, -0.25) is 19.8 Å². The van der Waals surface area contributed by atoms with Crippen molar-refractivity contribution in [3.63, 3.8) is 0 Å². The van der Waals surface area contributed by atoms with Crippen LogP contribution >= 0.6 is 0 Å². The van der Waals surface area contributed by atoms with Crippen molar-refractivity contribution in [2.24, 2.45) is 5.92 Å². The van der Waals surface area contributed by atoms with E-state index in [-0.39, 0.29) is 29.7 Å². The van der Waals surface area contributed by atoms with Gasteiger partial charge >= 0.3 is 6.03 Å². The summed E-state index contributed by atoms with van der Waals surface area (Å²) >= 11 is 0. The summed E-state index contributed by atoms with van der Waals surface area (Å²) in [5.41, 5.74) is 12.9. The molecule has 0 saturated carbocycles. The molecule has 3 aromatic carbocycles. The summed E-state index contributed by atoms with van der Waals surface area (Å²) in [5, 5.41) is 22.3. The number of para-hydroxylation sites is 1. The molecule has 4 aliphatic rings. The van der Waals surface area contributed by atoms with Crippen LogP contribution in [0.25, 0.3) is 22.2 Å². The van der Waals surface area contributed by atoms with Crippen molar-refractivity contribution in [1.82, 2.24) is 29.9 Å². The number of aryl methyl sites for hydroxylation is 1. The molecular weight excluding hydrogens is 735 g/mol. The molecule has 6 heterocycles. The molecule has 5 aromatic rings. The van der Waals surface area contributed by atoms with Crippen LogP contribution in [-0.4, -0.2) is 106 Å². The average molecular weight is 784 g/mol. The maximum absolute atomic E-state index is 13.8. The van der Waals surface area contributed by atoms with Gasteiger partial charge < -0.3 is 34.8 Å².